The number of halogens is 1. The van der Waals surface area contributed by atoms with Crippen molar-refractivity contribution in [2.75, 3.05) is 32.8 Å². The van der Waals surface area contributed by atoms with Gasteiger partial charge in [0.05, 0.1) is 0 Å². The summed E-state index contributed by atoms with van der Waals surface area (Å²) in [6.45, 7) is 4.49. The number of aliphatic hydroxyl groups excluding tert-OH is 1. The first-order valence-corrected chi connectivity index (χ1v) is 10.6. The van der Waals surface area contributed by atoms with Crippen molar-refractivity contribution in [2.24, 2.45) is 10.4 Å². The molecule has 0 aliphatic heterocycles. The lowest BCUT2D eigenvalue weighted by molar-refractivity contribution is -0.119. The summed E-state index contributed by atoms with van der Waals surface area (Å²) in [5, 5.41) is 19.0. The van der Waals surface area contributed by atoms with Crippen LogP contribution in [0.5, 0.6) is 0 Å². The van der Waals surface area contributed by atoms with Crippen molar-refractivity contribution >= 4 is 35.8 Å². The zero-order valence-corrected chi connectivity index (χ0v) is 19.9. The summed E-state index contributed by atoms with van der Waals surface area (Å²) < 4.78 is 0. The Bertz CT molecular complexity index is 599. The number of hydrogen-bond acceptors (Lipinski definition) is 3. The van der Waals surface area contributed by atoms with Crippen LogP contribution >= 0.6 is 24.0 Å². The fourth-order valence-electron chi connectivity index (χ4n) is 3.86. The molecule has 7 heteroatoms. The molecule has 0 atom stereocenters. The van der Waals surface area contributed by atoms with Gasteiger partial charge in [-0.15, -0.1) is 24.0 Å². The summed E-state index contributed by atoms with van der Waals surface area (Å²) in [5.74, 6) is 0.597. The summed E-state index contributed by atoms with van der Waals surface area (Å²) in [6, 6.07) is 10.1. The van der Waals surface area contributed by atoms with Gasteiger partial charge in [0.15, 0.2) is 5.96 Å². The average molecular weight is 516 g/mol. The lowest BCUT2D eigenvalue weighted by atomic mass is 9.72. The Balaban J connectivity index is 0.00000420. The van der Waals surface area contributed by atoms with Crippen LogP contribution in [0.25, 0.3) is 0 Å². The molecule has 0 spiro atoms. The van der Waals surface area contributed by atoms with Gasteiger partial charge in [0.25, 0.3) is 0 Å². The molecule has 0 radical (unpaired) electrons. The maximum Gasteiger partial charge on any atom is 0.241 e. The molecule has 0 saturated heterocycles. The van der Waals surface area contributed by atoms with Crippen LogP contribution in [-0.4, -0.2) is 49.8 Å². The van der Waals surface area contributed by atoms with Crippen LogP contribution in [0.1, 0.15) is 51.0 Å². The Morgan fingerprint density at radius 1 is 1.10 bits per heavy atom. The number of nitrogens with one attached hydrogen (secondary N) is 3. The maximum absolute atomic E-state index is 12.1. The number of benzene rings is 1. The Hall–Kier alpha value is -1.35. The second kappa shape index (κ2) is 14.6. The van der Waals surface area contributed by atoms with Crippen LogP contribution in [0.15, 0.2) is 35.3 Å². The van der Waals surface area contributed by atoms with Crippen molar-refractivity contribution < 1.29 is 9.90 Å². The van der Waals surface area contributed by atoms with Gasteiger partial charge in [-0.05, 0) is 43.6 Å². The van der Waals surface area contributed by atoms with Gasteiger partial charge < -0.3 is 21.1 Å². The van der Waals surface area contributed by atoms with Crippen molar-refractivity contribution in [1.82, 2.24) is 16.0 Å². The maximum atomic E-state index is 12.1. The van der Waals surface area contributed by atoms with Gasteiger partial charge >= 0.3 is 0 Å². The third-order valence-electron chi connectivity index (χ3n) is 5.49. The molecule has 29 heavy (non-hydrogen) atoms. The van der Waals surface area contributed by atoms with Gasteiger partial charge in [-0.1, -0.05) is 49.6 Å². The topological polar surface area (TPSA) is 85.8 Å². The molecule has 0 bridgehead atoms. The van der Waals surface area contributed by atoms with E-state index >= 15 is 0 Å². The van der Waals surface area contributed by atoms with E-state index in [1.807, 2.05) is 25.1 Å². The second-order valence-electron chi connectivity index (χ2n) is 7.67. The smallest absolute Gasteiger partial charge is 0.241 e. The fourth-order valence-corrected chi connectivity index (χ4v) is 3.86. The number of aliphatic hydroxyl groups is 1. The summed E-state index contributed by atoms with van der Waals surface area (Å²) in [7, 11) is 0. The molecular weight excluding hydrogens is 479 g/mol. The van der Waals surface area contributed by atoms with Gasteiger partial charge in [-0.3, -0.25) is 4.79 Å². The van der Waals surface area contributed by atoms with E-state index in [4.69, 9.17) is 0 Å². The Labute approximate surface area is 192 Å². The number of nitrogens with zero attached hydrogens (tertiary/aromatic N) is 1. The van der Waals surface area contributed by atoms with E-state index in [0.717, 1.165) is 38.8 Å². The standard InChI is InChI=1S/C22H36N4O2.HI/c1-2-23-21(26-18-22(14-16-27)12-7-4-8-13-22)25-17-20(28)24-15-11-19-9-5-3-6-10-19;/h3,5-6,9-10,27H,2,4,7-8,11-18H2,1H3,(H,24,28)(H2,23,25,26);1H. The number of hydrogen-bond donors (Lipinski definition) is 4. The van der Waals surface area contributed by atoms with Crippen LogP contribution < -0.4 is 16.0 Å². The fraction of sp³-hybridized carbons (Fsp3) is 0.636. The van der Waals surface area contributed by atoms with Gasteiger partial charge in [0.1, 0.15) is 6.54 Å². The normalized spacial score (nSPS) is 15.9. The zero-order valence-electron chi connectivity index (χ0n) is 17.6. The molecule has 2 rings (SSSR count). The van der Waals surface area contributed by atoms with E-state index in [2.05, 4.69) is 33.1 Å². The highest BCUT2D eigenvalue weighted by Crippen LogP contribution is 2.38. The highest BCUT2D eigenvalue weighted by atomic mass is 127. The first kappa shape index (κ1) is 25.7. The average Bonchev–Trinajstić information content (AvgIpc) is 2.72. The molecule has 0 aromatic heterocycles. The molecule has 0 unspecified atom stereocenters. The lowest BCUT2D eigenvalue weighted by Crippen LogP contribution is -2.45. The van der Waals surface area contributed by atoms with Crippen LogP contribution in [0.4, 0.5) is 0 Å². The number of carbonyl (C=O) groups is 1. The van der Waals surface area contributed by atoms with E-state index in [1.54, 1.807) is 0 Å². The molecule has 4 N–H and O–H groups in total. The van der Waals surface area contributed by atoms with E-state index < -0.39 is 0 Å². The Morgan fingerprint density at radius 3 is 2.48 bits per heavy atom. The van der Waals surface area contributed by atoms with Crippen LogP contribution in [-0.2, 0) is 11.2 Å². The van der Waals surface area contributed by atoms with E-state index in [9.17, 15) is 9.90 Å². The molecule has 164 valence electrons. The first-order chi connectivity index (χ1) is 13.7. The summed E-state index contributed by atoms with van der Waals surface area (Å²) in [5.41, 5.74) is 1.35. The summed E-state index contributed by atoms with van der Waals surface area (Å²) in [4.78, 5) is 16.5. The monoisotopic (exact) mass is 516 g/mol. The predicted molar refractivity (Wildman–Crippen MR) is 130 cm³/mol. The van der Waals surface area contributed by atoms with E-state index in [0.29, 0.717) is 12.5 Å². The van der Waals surface area contributed by atoms with Gasteiger partial charge in [0.2, 0.25) is 5.91 Å². The SMILES string of the molecule is CCNC(=NCC(=O)NCCc1ccccc1)NCC1(CCO)CCCCC1.I. The predicted octanol–water partition coefficient (Wildman–Crippen LogP) is 2.85. The van der Waals surface area contributed by atoms with Crippen LogP contribution in [0.2, 0.25) is 0 Å². The number of rotatable bonds is 10. The number of guanidine groups is 1. The van der Waals surface area contributed by atoms with E-state index in [-0.39, 0.29) is 48.5 Å². The Kier molecular flexibility index (Phi) is 12.9. The molecular formula is C22H37IN4O2. The first-order valence-electron chi connectivity index (χ1n) is 10.6. The quantitative estimate of drug-likeness (QED) is 0.219. The third kappa shape index (κ3) is 9.80. The van der Waals surface area contributed by atoms with Crippen molar-refractivity contribution in [3.8, 4) is 0 Å². The summed E-state index contributed by atoms with van der Waals surface area (Å²) in [6.07, 6.45) is 7.64. The number of amides is 1. The molecule has 1 fully saturated rings. The van der Waals surface area contributed by atoms with Gasteiger partial charge in [-0.2, -0.15) is 0 Å². The summed E-state index contributed by atoms with van der Waals surface area (Å²) >= 11 is 0. The molecule has 1 saturated carbocycles. The molecule has 1 aromatic rings. The molecule has 1 amide bonds. The van der Waals surface area contributed by atoms with E-state index in [1.165, 1.54) is 24.8 Å². The molecule has 0 heterocycles. The minimum atomic E-state index is -0.0733. The highest BCUT2D eigenvalue weighted by molar-refractivity contribution is 14.0. The van der Waals surface area contributed by atoms with Crippen LogP contribution in [0, 0.1) is 5.41 Å². The second-order valence-corrected chi connectivity index (χ2v) is 7.67. The van der Waals surface area contributed by atoms with Crippen molar-refractivity contribution in [3.05, 3.63) is 35.9 Å². The number of aliphatic imine (C=N–C) groups is 1. The lowest BCUT2D eigenvalue weighted by Gasteiger charge is -2.37. The van der Waals surface area contributed by atoms with Crippen molar-refractivity contribution in [3.63, 3.8) is 0 Å². The molecule has 1 aliphatic carbocycles. The van der Waals surface area contributed by atoms with Gasteiger partial charge in [0, 0.05) is 26.2 Å². The third-order valence-corrected chi connectivity index (χ3v) is 5.49. The largest absolute Gasteiger partial charge is 0.396 e. The van der Waals surface area contributed by atoms with Gasteiger partial charge in [-0.25, -0.2) is 4.99 Å². The molecule has 1 aromatic carbocycles. The minimum Gasteiger partial charge on any atom is -0.396 e. The number of carbonyl (C=O) groups excluding carboxylic acids is 1. The molecule has 1 aliphatic rings. The zero-order chi connectivity index (χ0) is 20.1. The Morgan fingerprint density at radius 2 is 1.83 bits per heavy atom. The molecule has 6 nitrogen and oxygen atoms in total. The minimum absolute atomic E-state index is 0. The van der Waals surface area contributed by atoms with Crippen molar-refractivity contribution in [1.29, 1.82) is 0 Å². The van der Waals surface area contributed by atoms with Crippen LogP contribution in [0.3, 0.4) is 0 Å². The van der Waals surface area contributed by atoms with Crippen molar-refractivity contribution in [2.45, 2.75) is 51.9 Å². The highest BCUT2D eigenvalue weighted by Gasteiger charge is 2.31.